The number of benzene rings is 1. The van der Waals surface area contributed by atoms with Crippen molar-refractivity contribution in [1.82, 2.24) is 19.5 Å². The highest BCUT2D eigenvalue weighted by molar-refractivity contribution is 7.99. The third kappa shape index (κ3) is 3.75. The Morgan fingerprint density at radius 2 is 2.13 bits per heavy atom. The van der Waals surface area contributed by atoms with Crippen LogP contribution >= 0.6 is 23.4 Å². The number of halogens is 1. The summed E-state index contributed by atoms with van der Waals surface area (Å²) in [6.45, 7) is 1.92. The molecule has 0 saturated carbocycles. The van der Waals surface area contributed by atoms with E-state index in [0.29, 0.717) is 10.2 Å². The van der Waals surface area contributed by atoms with Crippen LogP contribution in [-0.4, -0.2) is 31.2 Å². The van der Waals surface area contributed by atoms with Gasteiger partial charge in [0.05, 0.1) is 5.75 Å². The fourth-order valence-corrected chi connectivity index (χ4v) is 2.87. The molecule has 2 heterocycles. The van der Waals surface area contributed by atoms with Gasteiger partial charge in [-0.1, -0.05) is 29.4 Å². The number of carbonyl (C=O) groups is 1. The van der Waals surface area contributed by atoms with Crippen LogP contribution in [0, 0.1) is 6.92 Å². The van der Waals surface area contributed by atoms with Crippen LogP contribution in [0.5, 0.6) is 0 Å². The molecule has 1 amide bonds. The number of rotatable bonds is 5. The molecule has 2 aromatic heterocycles. The lowest BCUT2D eigenvalue weighted by molar-refractivity contribution is -0.113. The monoisotopic (exact) mass is 347 g/mol. The number of aryl methyl sites for hydroxylation is 1. The van der Waals surface area contributed by atoms with Gasteiger partial charge in [0.2, 0.25) is 11.1 Å². The van der Waals surface area contributed by atoms with Gasteiger partial charge in [-0.05, 0) is 36.8 Å². The molecule has 0 spiro atoms. The molecule has 1 aromatic carbocycles. The molecule has 0 atom stereocenters. The van der Waals surface area contributed by atoms with Crippen molar-refractivity contribution in [3.63, 3.8) is 0 Å². The van der Waals surface area contributed by atoms with Crippen LogP contribution in [0.3, 0.4) is 0 Å². The van der Waals surface area contributed by atoms with Crippen LogP contribution in [0.15, 0.2) is 54.2 Å². The fourth-order valence-electron chi connectivity index (χ4n) is 1.99. The SMILES string of the molecule is Cc1ccc(Cl)cc1NC(=O)CSc1nncn1-n1cccc1. The Hall–Kier alpha value is -2.25. The summed E-state index contributed by atoms with van der Waals surface area (Å²) in [5, 5.41) is 12.0. The van der Waals surface area contributed by atoms with Crippen molar-refractivity contribution in [2.45, 2.75) is 12.1 Å². The zero-order valence-corrected chi connectivity index (χ0v) is 13.9. The second kappa shape index (κ2) is 6.89. The summed E-state index contributed by atoms with van der Waals surface area (Å²) < 4.78 is 3.60. The first-order valence-electron chi connectivity index (χ1n) is 6.86. The highest BCUT2D eigenvalue weighted by Crippen LogP contribution is 2.21. The van der Waals surface area contributed by atoms with Crippen molar-refractivity contribution in [3.8, 4) is 0 Å². The molecule has 6 nitrogen and oxygen atoms in total. The van der Waals surface area contributed by atoms with E-state index in [0.717, 1.165) is 11.3 Å². The number of nitrogens with one attached hydrogen (secondary N) is 1. The van der Waals surface area contributed by atoms with Crippen LogP contribution in [0.4, 0.5) is 5.69 Å². The van der Waals surface area contributed by atoms with Gasteiger partial charge in [-0.3, -0.25) is 9.47 Å². The standard InChI is InChI=1S/C15H14ClN5OS/c1-11-4-5-12(16)8-13(11)18-14(22)9-23-15-19-17-10-21(15)20-6-2-3-7-20/h2-8,10H,9H2,1H3,(H,18,22). The number of anilines is 1. The molecule has 0 fully saturated rings. The van der Waals surface area contributed by atoms with Gasteiger partial charge in [-0.2, -0.15) is 0 Å². The van der Waals surface area contributed by atoms with Gasteiger partial charge in [-0.25, -0.2) is 4.68 Å². The predicted octanol–water partition coefficient (Wildman–Crippen LogP) is 3.08. The molecule has 0 radical (unpaired) electrons. The summed E-state index contributed by atoms with van der Waals surface area (Å²) in [5.74, 6) is 0.105. The van der Waals surface area contributed by atoms with E-state index in [2.05, 4.69) is 15.5 Å². The number of amides is 1. The molecular weight excluding hydrogens is 334 g/mol. The first kappa shape index (κ1) is 15.6. The molecule has 0 aliphatic heterocycles. The van der Waals surface area contributed by atoms with Gasteiger partial charge in [-0.15, -0.1) is 10.2 Å². The quantitative estimate of drug-likeness (QED) is 0.720. The third-order valence-corrected chi connectivity index (χ3v) is 4.31. The number of thioether (sulfide) groups is 1. The van der Waals surface area contributed by atoms with Gasteiger partial charge in [0.15, 0.2) is 0 Å². The van der Waals surface area contributed by atoms with E-state index in [1.807, 2.05) is 42.2 Å². The van der Waals surface area contributed by atoms with Gasteiger partial charge >= 0.3 is 0 Å². The highest BCUT2D eigenvalue weighted by atomic mass is 35.5. The van der Waals surface area contributed by atoms with Crippen molar-refractivity contribution in [3.05, 3.63) is 59.6 Å². The third-order valence-electron chi connectivity index (χ3n) is 3.14. The summed E-state index contributed by atoms with van der Waals surface area (Å²) in [6.07, 6.45) is 5.35. The molecule has 0 saturated heterocycles. The number of hydrogen-bond acceptors (Lipinski definition) is 4. The first-order chi connectivity index (χ1) is 11.1. The van der Waals surface area contributed by atoms with Crippen LogP contribution in [0.25, 0.3) is 0 Å². The van der Waals surface area contributed by atoms with Gasteiger partial charge in [0, 0.05) is 23.1 Å². The smallest absolute Gasteiger partial charge is 0.234 e. The normalized spacial score (nSPS) is 10.7. The van der Waals surface area contributed by atoms with Gasteiger partial charge < -0.3 is 5.32 Å². The summed E-state index contributed by atoms with van der Waals surface area (Å²) in [4.78, 5) is 12.1. The Bertz CT molecular complexity index is 815. The number of aromatic nitrogens is 4. The molecule has 8 heteroatoms. The largest absolute Gasteiger partial charge is 0.325 e. The average molecular weight is 348 g/mol. The molecule has 3 rings (SSSR count). The van der Waals surface area contributed by atoms with Gasteiger partial charge in [0.25, 0.3) is 0 Å². The minimum atomic E-state index is -0.123. The van der Waals surface area contributed by atoms with Crippen molar-refractivity contribution in [1.29, 1.82) is 0 Å². The molecule has 118 valence electrons. The molecular formula is C15H14ClN5OS. The van der Waals surface area contributed by atoms with E-state index < -0.39 is 0 Å². The van der Waals surface area contributed by atoms with E-state index in [1.54, 1.807) is 23.1 Å². The number of nitrogens with zero attached hydrogens (tertiary/aromatic N) is 4. The summed E-state index contributed by atoms with van der Waals surface area (Å²) in [5.41, 5.74) is 1.68. The Morgan fingerprint density at radius 3 is 2.91 bits per heavy atom. The Kier molecular flexibility index (Phi) is 4.68. The first-order valence-corrected chi connectivity index (χ1v) is 8.22. The predicted molar refractivity (Wildman–Crippen MR) is 90.8 cm³/mol. The second-order valence-electron chi connectivity index (χ2n) is 4.82. The minimum absolute atomic E-state index is 0.123. The minimum Gasteiger partial charge on any atom is -0.325 e. The molecule has 0 aliphatic rings. The maximum absolute atomic E-state index is 12.1. The van der Waals surface area contributed by atoms with E-state index in [9.17, 15) is 4.79 Å². The van der Waals surface area contributed by atoms with Gasteiger partial charge in [0.1, 0.15) is 6.33 Å². The number of carbonyl (C=O) groups excluding carboxylic acids is 1. The van der Waals surface area contributed by atoms with Crippen molar-refractivity contribution < 1.29 is 4.79 Å². The number of hydrogen-bond donors (Lipinski definition) is 1. The zero-order chi connectivity index (χ0) is 16.2. The summed E-state index contributed by atoms with van der Waals surface area (Å²) >= 11 is 7.27. The maximum Gasteiger partial charge on any atom is 0.234 e. The van der Waals surface area contributed by atoms with E-state index >= 15 is 0 Å². The average Bonchev–Trinajstić information content (AvgIpc) is 3.19. The summed E-state index contributed by atoms with van der Waals surface area (Å²) in [7, 11) is 0. The fraction of sp³-hybridized carbons (Fsp3) is 0.133. The van der Waals surface area contributed by atoms with Crippen LogP contribution < -0.4 is 5.32 Å². The second-order valence-corrected chi connectivity index (χ2v) is 6.20. The molecule has 23 heavy (non-hydrogen) atoms. The highest BCUT2D eigenvalue weighted by Gasteiger charge is 2.11. The van der Waals surface area contributed by atoms with Crippen LogP contribution in [0.2, 0.25) is 5.02 Å². The van der Waals surface area contributed by atoms with Crippen LogP contribution in [0.1, 0.15) is 5.56 Å². The molecule has 0 unspecified atom stereocenters. The van der Waals surface area contributed by atoms with E-state index in [-0.39, 0.29) is 11.7 Å². The molecule has 3 aromatic rings. The lowest BCUT2D eigenvalue weighted by Crippen LogP contribution is -2.16. The molecule has 0 aliphatic carbocycles. The van der Waals surface area contributed by atoms with Crippen molar-refractivity contribution >= 4 is 35.0 Å². The Labute approximate surface area is 142 Å². The Morgan fingerprint density at radius 1 is 1.35 bits per heavy atom. The van der Waals surface area contributed by atoms with Crippen molar-refractivity contribution in [2.75, 3.05) is 11.1 Å². The lowest BCUT2D eigenvalue weighted by Gasteiger charge is -2.09. The summed E-state index contributed by atoms with van der Waals surface area (Å²) in [6, 6.07) is 9.21. The van der Waals surface area contributed by atoms with E-state index in [4.69, 9.17) is 11.6 Å². The Balaban J connectivity index is 1.64. The topological polar surface area (TPSA) is 64.7 Å². The van der Waals surface area contributed by atoms with Crippen molar-refractivity contribution in [2.24, 2.45) is 0 Å². The lowest BCUT2D eigenvalue weighted by atomic mass is 10.2. The molecule has 1 N–H and O–H groups in total. The van der Waals surface area contributed by atoms with E-state index in [1.165, 1.54) is 11.8 Å². The van der Waals surface area contributed by atoms with Crippen LogP contribution in [-0.2, 0) is 4.79 Å². The maximum atomic E-state index is 12.1. The molecule has 0 bridgehead atoms. The zero-order valence-electron chi connectivity index (χ0n) is 12.3.